The van der Waals surface area contributed by atoms with Crippen molar-refractivity contribution in [3.8, 4) is 0 Å². The molecule has 0 aromatic heterocycles. The minimum Gasteiger partial charge on any atom is -0.872 e. The first-order chi connectivity index (χ1) is 14.9. The first-order valence-electron chi connectivity index (χ1n) is 9.26. The van der Waals surface area contributed by atoms with Crippen LogP contribution in [0.5, 0.6) is 0 Å². The van der Waals surface area contributed by atoms with Gasteiger partial charge in [0.1, 0.15) is 0 Å². The molecule has 33 heavy (non-hydrogen) atoms. The van der Waals surface area contributed by atoms with Crippen LogP contribution in [0.15, 0.2) is 72.8 Å². The molecule has 2 rings (SSSR count). The number of carbonyl (C=O) groups excluding carboxylic acids is 2. The van der Waals surface area contributed by atoms with Crippen molar-refractivity contribution in [2.75, 3.05) is 25.0 Å². The van der Waals surface area contributed by atoms with E-state index in [-0.39, 0.29) is 39.6 Å². The van der Waals surface area contributed by atoms with E-state index in [1.807, 2.05) is 12.1 Å². The second kappa shape index (κ2) is 21.5. The van der Waals surface area contributed by atoms with Gasteiger partial charge >= 0.3 is 16.5 Å². The standard InChI is InChI=1S/2C10H10O2.2C2H6OS.Ni/c2*1-8(11)7-10(12)9-5-3-2-4-6-9;2*1-4(2)3;/h2*2-7,12H,1H3;2*1-2H3;/q;;;;+2/p-2/b2*10-7-;;;. The van der Waals surface area contributed by atoms with Gasteiger partial charge in [0, 0.05) is 46.6 Å². The van der Waals surface area contributed by atoms with Gasteiger partial charge in [-0.25, -0.2) is 0 Å². The second-order valence-electron chi connectivity index (χ2n) is 6.45. The van der Waals surface area contributed by atoms with Crippen LogP contribution in [0.3, 0.4) is 0 Å². The third kappa shape index (κ3) is 25.8. The van der Waals surface area contributed by atoms with Crippen LogP contribution < -0.4 is 10.2 Å². The molecule has 0 heterocycles. The minimum absolute atomic E-state index is 0. The summed E-state index contributed by atoms with van der Waals surface area (Å²) in [5.74, 6) is -0.904. The molecule has 0 bridgehead atoms. The average molecular weight is 537 g/mol. The molecule has 0 aliphatic carbocycles. The molecule has 0 N–H and O–H groups in total. The average Bonchev–Trinajstić information content (AvgIpc) is 2.68. The number of benzene rings is 2. The number of rotatable bonds is 4. The van der Waals surface area contributed by atoms with Crippen LogP contribution >= 0.6 is 0 Å². The predicted molar refractivity (Wildman–Crippen MR) is 130 cm³/mol. The van der Waals surface area contributed by atoms with Gasteiger partial charge in [0.15, 0.2) is 11.6 Å². The Hall–Kier alpha value is -2.35. The van der Waals surface area contributed by atoms with Crippen LogP contribution in [-0.2, 0) is 47.7 Å². The molecule has 0 unspecified atom stereocenters. The first kappa shape index (κ1) is 35.2. The van der Waals surface area contributed by atoms with Gasteiger partial charge in [-0.15, -0.1) is 0 Å². The molecule has 184 valence electrons. The van der Waals surface area contributed by atoms with Gasteiger partial charge in [0.2, 0.25) is 0 Å². The monoisotopic (exact) mass is 536 g/mol. The van der Waals surface area contributed by atoms with Crippen molar-refractivity contribution < 1.29 is 44.7 Å². The van der Waals surface area contributed by atoms with Crippen molar-refractivity contribution in [3.63, 3.8) is 0 Å². The van der Waals surface area contributed by atoms with E-state index >= 15 is 0 Å². The van der Waals surface area contributed by atoms with E-state index in [1.54, 1.807) is 73.6 Å². The van der Waals surface area contributed by atoms with Gasteiger partial charge in [-0.2, -0.15) is 0 Å². The maximum absolute atomic E-state index is 11.2. The molecule has 2 aromatic carbocycles. The summed E-state index contributed by atoms with van der Waals surface area (Å²) >= 11 is 0. The zero-order valence-electron chi connectivity index (χ0n) is 19.5. The van der Waals surface area contributed by atoms with Crippen LogP contribution in [0.1, 0.15) is 25.0 Å². The Morgan fingerprint density at radius 2 is 0.848 bits per heavy atom. The maximum Gasteiger partial charge on any atom is 2.00 e. The molecule has 0 amide bonds. The molecule has 0 spiro atoms. The Balaban J connectivity index is -0.000000405. The Morgan fingerprint density at radius 3 is 1.03 bits per heavy atom. The van der Waals surface area contributed by atoms with Crippen LogP contribution in [0.2, 0.25) is 0 Å². The van der Waals surface area contributed by atoms with Gasteiger partial charge in [-0.3, -0.25) is 18.0 Å². The molecule has 0 atom stereocenters. The molecule has 0 saturated carbocycles. The van der Waals surface area contributed by atoms with Gasteiger partial charge < -0.3 is 10.2 Å². The fraction of sp³-hybridized carbons (Fsp3) is 0.250. The summed E-state index contributed by atoms with van der Waals surface area (Å²) in [4.78, 5) is 21.1. The van der Waals surface area contributed by atoms with Crippen LogP contribution in [0.25, 0.3) is 11.5 Å². The van der Waals surface area contributed by atoms with E-state index in [4.69, 9.17) is 0 Å². The van der Waals surface area contributed by atoms with Crippen molar-refractivity contribution in [1.82, 2.24) is 0 Å². The fourth-order valence-electron chi connectivity index (χ4n) is 1.74. The van der Waals surface area contributed by atoms with E-state index in [1.165, 1.54) is 13.8 Å². The summed E-state index contributed by atoms with van der Waals surface area (Å²) < 4.78 is 19.1. The summed E-state index contributed by atoms with van der Waals surface area (Å²) in [7, 11) is -1.22. The molecular weight excluding hydrogens is 507 g/mol. The summed E-state index contributed by atoms with van der Waals surface area (Å²) in [6.45, 7) is 2.72. The number of hydrogen-bond donors (Lipinski definition) is 0. The molecule has 6 nitrogen and oxygen atoms in total. The molecule has 2 aromatic rings. The van der Waals surface area contributed by atoms with E-state index in [0.717, 1.165) is 12.2 Å². The molecule has 0 aliphatic heterocycles. The predicted octanol–water partition coefficient (Wildman–Crippen LogP) is 1.94. The smallest absolute Gasteiger partial charge is 0.872 e. The number of carbonyl (C=O) groups is 2. The van der Waals surface area contributed by atoms with Crippen LogP contribution in [0, 0.1) is 0 Å². The fourth-order valence-corrected chi connectivity index (χ4v) is 1.74. The van der Waals surface area contributed by atoms with Crippen LogP contribution in [-0.4, -0.2) is 45.0 Å². The molecule has 0 saturated heterocycles. The van der Waals surface area contributed by atoms with Crippen molar-refractivity contribution >= 4 is 44.7 Å². The number of hydrogen-bond acceptors (Lipinski definition) is 6. The van der Waals surface area contributed by atoms with Gasteiger partial charge in [-0.1, -0.05) is 72.2 Å². The van der Waals surface area contributed by atoms with E-state index in [0.29, 0.717) is 11.1 Å². The zero-order valence-corrected chi connectivity index (χ0v) is 22.1. The Labute approximate surface area is 211 Å². The first-order valence-corrected chi connectivity index (χ1v) is 13.2. The summed E-state index contributed by atoms with van der Waals surface area (Å²) in [5, 5.41) is 22.4. The summed E-state index contributed by atoms with van der Waals surface area (Å²) in [6, 6.07) is 17.4. The second-order valence-corrected chi connectivity index (χ2v) is 9.42. The van der Waals surface area contributed by atoms with Crippen molar-refractivity contribution in [3.05, 3.63) is 83.9 Å². The van der Waals surface area contributed by atoms with E-state index in [2.05, 4.69) is 0 Å². The van der Waals surface area contributed by atoms with E-state index < -0.39 is 21.6 Å². The molecule has 0 radical (unpaired) electrons. The van der Waals surface area contributed by atoms with Gasteiger partial charge in [-0.05, 0) is 37.1 Å². The van der Waals surface area contributed by atoms with Gasteiger partial charge in [0.25, 0.3) is 0 Å². The third-order valence-electron chi connectivity index (χ3n) is 2.79. The zero-order chi connectivity index (χ0) is 25.1. The molecular formula is C24H30NiO6S2. The maximum atomic E-state index is 11.2. The Kier molecular flexibility index (Phi) is 23.0. The number of allylic oxidation sites excluding steroid dienone is 2. The van der Waals surface area contributed by atoms with Crippen molar-refractivity contribution in [2.45, 2.75) is 13.8 Å². The normalized spacial score (nSPS) is 10.3. The molecule has 9 heteroatoms. The SMILES string of the molecule is CC(=O)/C=C(\[O-])c1ccccc1.CC(=O)/C=C(\[O-])c1ccccc1.CS(C)=O.CS(C)=O.[Ni+2]. The number of ketones is 2. The Morgan fingerprint density at radius 1 is 0.636 bits per heavy atom. The van der Waals surface area contributed by atoms with Crippen LogP contribution in [0.4, 0.5) is 0 Å². The topological polar surface area (TPSA) is 114 Å². The summed E-state index contributed by atoms with van der Waals surface area (Å²) in [5.41, 5.74) is 1.10. The largest absolute Gasteiger partial charge is 2.00 e. The minimum atomic E-state index is -0.611. The molecule has 0 aliphatic rings. The van der Waals surface area contributed by atoms with E-state index in [9.17, 15) is 28.2 Å². The third-order valence-corrected chi connectivity index (χ3v) is 2.79. The van der Waals surface area contributed by atoms with Crippen molar-refractivity contribution in [1.29, 1.82) is 0 Å². The quantitative estimate of drug-likeness (QED) is 0.335. The summed E-state index contributed by atoms with van der Waals surface area (Å²) in [6.07, 6.45) is 8.74. The Bertz CT molecular complexity index is 841. The van der Waals surface area contributed by atoms with Gasteiger partial charge in [0.05, 0.1) is 0 Å². The van der Waals surface area contributed by atoms with Crippen molar-refractivity contribution in [2.24, 2.45) is 0 Å². The molecule has 0 fully saturated rings.